The first-order valence-electron chi connectivity index (χ1n) is 5.12. The fourth-order valence-electron chi connectivity index (χ4n) is 1.21. The molecule has 0 spiro atoms. The van der Waals surface area contributed by atoms with Crippen LogP contribution in [-0.4, -0.2) is 16.7 Å². The topological polar surface area (TPSA) is 57.8 Å². The summed E-state index contributed by atoms with van der Waals surface area (Å²) < 4.78 is 0. The zero-order valence-electron chi connectivity index (χ0n) is 8.55. The Hall–Kier alpha value is -1.32. The predicted molar refractivity (Wildman–Crippen MR) is 57.5 cm³/mol. The number of H-pyrrole nitrogens is 1. The number of aromatic nitrogens is 2. The molecule has 0 radical (unpaired) electrons. The van der Waals surface area contributed by atoms with E-state index in [0.717, 1.165) is 18.8 Å². The number of hydrogen-bond donors (Lipinski definition) is 2. The van der Waals surface area contributed by atoms with E-state index in [1.54, 1.807) is 6.07 Å². The molecule has 1 aromatic rings. The Morgan fingerprint density at radius 2 is 2.21 bits per heavy atom. The van der Waals surface area contributed by atoms with Crippen LogP contribution in [0.2, 0.25) is 0 Å². The van der Waals surface area contributed by atoms with E-state index in [1.807, 2.05) is 0 Å². The Balaban J connectivity index is 2.18. The highest BCUT2D eigenvalue weighted by Gasteiger charge is 1.92. The van der Waals surface area contributed by atoms with Crippen molar-refractivity contribution in [1.82, 2.24) is 10.2 Å². The van der Waals surface area contributed by atoms with Crippen LogP contribution < -0.4 is 10.9 Å². The van der Waals surface area contributed by atoms with Crippen molar-refractivity contribution in [3.63, 3.8) is 0 Å². The molecule has 0 aliphatic heterocycles. The zero-order chi connectivity index (χ0) is 10.2. The van der Waals surface area contributed by atoms with Gasteiger partial charge in [0, 0.05) is 12.6 Å². The van der Waals surface area contributed by atoms with Crippen molar-refractivity contribution in [2.45, 2.75) is 32.6 Å². The number of aromatic amines is 1. The molecule has 2 N–H and O–H groups in total. The first-order chi connectivity index (χ1) is 6.83. The Labute approximate surface area is 83.7 Å². The van der Waals surface area contributed by atoms with Gasteiger partial charge >= 0.3 is 0 Å². The highest BCUT2D eigenvalue weighted by Crippen LogP contribution is 2.00. The maximum Gasteiger partial charge on any atom is 0.264 e. The molecule has 0 fully saturated rings. The number of anilines is 1. The van der Waals surface area contributed by atoms with Gasteiger partial charge in [-0.1, -0.05) is 26.2 Å². The minimum atomic E-state index is -0.165. The quantitative estimate of drug-likeness (QED) is 0.680. The lowest BCUT2D eigenvalue weighted by atomic mass is 10.2. The van der Waals surface area contributed by atoms with Crippen molar-refractivity contribution in [3.05, 3.63) is 22.5 Å². The maximum absolute atomic E-state index is 10.7. The lowest BCUT2D eigenvalue weighted by Crippen LogP contribution is -2.10. The molecule has 4 nitrogen and oxygen atoms in total. The molecule has 14 heavy (non-hydrogen) atoms. The molecular formula is C10H17N3O. The highest BCUT2D eigenvalue weighted by atomic mass is 16.1. The third-order valence-corrected chi connectivity index (χ3v) is 2.02. The lowest BCUT2D eigenvalue weighted by Gasteiger charge is -2.03. The normalized spacial score (nSPS) is 10.1. The molecule has 0 aromatic carbocycles. The molecule has 1 rings (SSSR count). The van der Waals surface area contributed by atoms with E-state index in [1.165, 1.54) is 25.3 Å². The van der Waals surface area contributed by atoms with Gasteiger partial charge in [0.1, 0.15) is 5.82 Å². The van der Waals surface area contributed by atoms with Crippen LogP contribution >= 0.6 is 0 Å². The number of unbranched alkanes of at least 4 members (excludes halogenated alkanes) is 3. The summed E-state index contributed by atoms with van der Waals surface area (Å²) in [4.78, 5) is 10.7. The Morgan fingerprint density at radius 3 is 2.86 bits per heavy atom. The van der Waals surface area contributed by atoms with E-state index < -0.39 is 0 Å². The van der Waals surface area contributed by atoms with E-state index in [-0.39, 0.29) is 5.56 Å². The minimum Gasteiger partial charge on any atom is -0.369 e. The molecule has 0 unspecified atom stereocenters. The molecule has 1 aromatic heterocycles. The molecule has 0 aliphatic rings. The molecule has 4 heteroatoms. The van der Waals surface area contributed by atoms with Gasteiger partial charge in [-0.25, -0.2) is 5.10 Å². The number of rotatable bonds is 6. The van der Waals surface area contributed by atoms with Crippen LogP contribution in [-0.2, 0) is 0 Å². The SMILES string of the molecule is CCCCCCNc1ccc(=O)[nH]n1. The first kappa shape index (κ1) is 10.8. The van der Waals surface area contributed by atoms with Gasteiger partial charge < -0.3 is 5.32 Å². The average Bonchev–Trinajstić information content (AvgIpc) is 2.21. The lowest BCUT2D eigenvalue weighted by molar-refractivity contribution is 0.683. The van der Waals surface area contributed by atoms with Crippen molar-refractivity contribution >= 4 is 5.82 Å². The molecule has 1 heterocycles. The molecule has 0 saturated heterocycles. The molecule has 0 amide bonds. The summed E-state index contributed by atoms with van der Waals surface area (Å²) in [5, 5.41) is 9.38. The van der Waals surface area contributed by atoms with Crippen LogP contribution in [0.25, 0.3) is 0 Å². The van der Waals surface area contributed by atoms with Gasteiger partial charge in [0.15, 0.2) is 0 Å². The van der Waals surface area contributed by atoms with Crippen molar-refractivity contribution in [2.24, 2.45) is 0 Å². The van der Waals surface area contributed by atoms with Gasteiger partial charge in [-0.05, 0) is 12.5 Å². The molecule has 0 atom stereocenters. The summed E-state index contributed by atoms with van der Waals surface area (Å²) in [6.07, 6.45) is 4.92. The summed E-state index contributed by atoms with van der Waals surface area (Å²) in [6.45, 7) is 3.11. The van der Waals surface area contributed by atoms with Gasteiger partial charge in [0.2, 0.25) is 0 Å². The third kappa shape index (κ3) is 4.07. The highest BCUT2D eigenvalue weighted by molar-refractivity contribution is 5.30. The van der Waals surface area contributed by atoms with Crippen molar-refractivity contribution in [3.8, 4) is 0 Å². The standard InChI is InChI=1S/C10H17N3O/c1-2-3-4-5-8-11-9-6-7-10(14)13-12-9/h6-7H,2-5,8H2,1H3,(H,11,12)(H,13,14). The summed E-state index contributed by atoms with van der Waals surface area (Å²) in [5.41, 5.74) is -0.165. The largest absolute Gasteiger partial charge is 0.369 e. The summed E-state index contributed by atoms with van der Waals surface area (Å²) in [6, 6.07) is 3.17. The molecule has 78 valence electrons. The van der Waals surface area contributed by atoms with E-state index in [4.69, 9.17) is 0 Å². The smallest absolute Gasteiger partial charge is 0.264 e. The second-order valence-corrected chi connectivity index (χ2v) is 3.29. The van der Waals surface area contributed by atoms with Crippen LogP contribution in [0.3, 0.4) is 0 Å². The number of nitrogens with one attached hydrogen (secondary N) is 2. The second kappa shape index (κ2) is 6.18. The first-order valence-corrected chi connectivity index (χ1v) is 5.12. The molecule has 0 saturated carbocycles. The van der Waals surface area contributed by atoms with Crippen LogP contribution in [0, 0.1) is 0 Å². The van der Waals surface area contributed by atoms with Crippen LogP contribution in [0.5, 0.6) is 0 Å². The van der Waals surface area contributed by atoms with Crippen molar-refractivity contribution in [1.29, 1.82) is 0 Å². The Bertz CT molecular complexity index is 288. The molecule has 0 bridgehead atoms. The zero-order valence-corrected chi connectivity index (χ0v) is 8.55. The average molecular weight is 195 g/mol. The maximum atomic E-state index is 10.7. The van der Waals surface area contributed by atoms with Gasteiger partial charge in [0.25, 0.3) is 5.56 Å². The van der Waals surface area contributed by atoms with Crippen LogP contribution in [0.4, 0.5) is 5.82 Å². The van der Waals surface area contributed by atoms with E-state index in [2.05, 4.69) is 22.4 Å². The van der Waals surface area contributed by atoms with Gasteiger partial charge in [-0.15, -0.1) is 0 Å². The molecule has 0 aliphatic carbocycles. The van der Waals surface area contributed by atoms with Gasteiger partial charge in [-0.3, -0.25) is 4.79 Å². The summed E-state index contributed by atoms with van der Waals surface area (Å²) in [7, 11) is 0. The van der Waals surface area contributed by atoms with Crippen molar-refractivity contribution < 1.29 is 0 Å². The summed E-state index contributed by atoms with van der Waals surface area (Å²) in [5.74, 6) is 0.737. The minimum absolute atomic E-state index is 0.165. The Kier molecular flexibility index (Phi) is 4.75. The van der Waals surface area contributed by atoms with E-state index >= 15 is 0 Å². The second-order valence-electron chi connectivity index (χ2n) is 3.29. The van der Waals surface area contributed by atoms with E-state index in [9.17, 15) is 4.79 Å². The van der Waals surface area contributed by atoms with E-state index in [0.29, 0.717) is 0 Å². The van der Waals surface area contributed by atoms with Gasteiger partial charge in [0.05, 0.1) is 0 Å². The summed E-state index contributed by atoms with van der Waals surface area (Å²) >= 11 is 0. The Morgan fingerprint density at radius 1 is 1.36 bits per heavy atom. The number of hydrogen-bond acceptors (Lipinski definition) is 3. The van der Waals surface area contributed by atoms with Crippen LogP contribution in [0.1, 0.15) is 32.6 Å². The monoisotopic (exact) mass is 195 g/mol. The van der Waals surface area contributed by atoms with Gasteiger partial charge in [-0.2, -0.15) is 5.10 Å². The third-order valence-electron chi connectivity index (χ3n) is 2.02. The fraction of sp³-hybridized carbons (Fsp3) is 0.600. The predicted octanol–water partition coefficient (Wildman–Crippen LogP) is 1.76. The fourth-order valence-corrected chi connectivity index (χ4v) is 1.21. The van der Waals surface area contributed by atoms with Crippen LogP contribution in [0.15, 0.2) is 16.9 Å². The van der Waals surface area contributed by atoms with Crippen molar-refractivity contribution in [2.75, 3.05) is 11.9 Å². The number of nitrogens with zero attached hydrogens (tertiary/aromatic N) is 1. The molecular weight excluding hydrogens is 178 g/mol.